The summed E-state index contributed by atoms with van der Waals surface area (Å²) in [6, 6.07) is 0. The summed E-state index contributed by atoms with van der Waals surface area (Å²) in [5, 5.41) is 20.7. The number of hydrogen-bond donors (Lipinski definition) is 2. The van der Waals surface area contributed by atoms with Crippen LogP contribution in [0.15, 0.2) is 23.3 Å². The quantitative estimate of drug-likeness (QED) is 0.233. The minimum Gasteiger partial charge on any atom is -0.469 e. The van der Waals surface area contributed by atoms with Crippen molar-refractivity contribution in [2.45, 2.75) is 83.5 Å². The topological polar surface area (TPSA) is 110 Å². The molecule has 0 heterocycles. The lowest BCUT2D eigenvalue weighted by Crippen LogP contribution is -2.31. The molecule has 5 atom stereocenters. The molecule has 31 heavy (non-hydrogen) atoms. The molecule has 176 valence electrons. The molecule has 1 aliphatic carbocycles. The summed E-state index contributed by atoms with van der Waals surface area (Å²) < 4.78 is 9.90. The summed E-state index contributed by atoms with van der Waals surface area (Å²) in [5.41, 5.74) is 0. The average molecular weight is 459 g/mol. The summed E-state index contributed by atoms with van der Waals surface area (Å²) in [5.74, 6) is -2.00. The van der Waals surface area contributed by atoms with Crippen molar-refractivity contribution in [1.29, 1.82) is 0 Å². The number of carbonyl (C=O) groups excluding carboxylic acids is 3. The van der Waals surface area contributed by atoms with Gasteiger partial charge in [-0.3, -0.25) is 14.4 Å². The number of allylic oxidation sites excluding steroid dienone is 3. The zero-order chi connectivity index (χ0) is 23.4. The van der Waals surface area contributed by atoms with E-state index in [1.807, 2.05) is 0 Å². The van der Waals surface area contributed by atoms with E-state index in [4.69, 9.17) is 16.3 Å². The van der Waals surface area contributed by atoms with Crippen molar-refractivity contribution in [1.82, 2.24) is 0 Å². The van der Waals surface area contributed by atoms with E-state index in [0.29, 0.717) is 12.8 Å². The first kappa shape index (κ1) is 27.3. The van der Waals surface area contributed by atoms with Crippen LogP contribution in [0.1, 0.15) is 65.2 Å². The second-order valence-corrected chi connectivity index (χ2v) is 8.34. The molecule has 1 rings (SSSR count). The van der Waals surface area contributed by atoms with Gasteiger partial charge in [0.1, 0.15) is 6.10 Å². The van der Waals surface area contributed by atoms with E-state index >= 15 is 0 Å². The Balaban J connectivity index is 2.73. The van der Waals surface area contributed by atoms with Crippen LogP contribution in [0.3, 0.4) is 0 Å². The highest BCUT2D eigenvalue weighted by Gasteiger charge is 2.36. The number of aliphatic hydroxyl groups is 2. The van der Waals surface area contributed by atoms with Crippen LogP contribution in [0.2, 0.25) is 0 Å². The van der Waals surface area contributed by atoms with Crippen molar-refractivity contribution in [3.8, 4) is 0 Å². The fourth-order valence-corrected chi connectivity index (χ4v) is 3.88. The van der Waals surface area contributed by atoms with Gasteiger partial charge in [0.2, 0.25) is 0 Å². The number of aliphatic hydroxyl groups excluding tert-OH is 2. The van der Waals surface area contributed by atoms with Crippen molar-refractivity contribution >= 4 is 29.3 Å². The Morgan fingerprint density at radius 2 is 1.90 bits per heavy atom. The Morgan fingerprint density at radius 3 is 2.52 bits per heavy atom. The minimum absolute atomic E-state index is 0.0357. The Bertz CT molecular complexity index is 658. The van der Waals surface area contributed by atoms with Gasteiger partial charge in [-0.05, 0) is 38.2 Å². The smallest absolute Gasteiger partial charge is 0.305 e. The third-order valence-electron chi connectivity index (χ3n) is 5.38. The van der Waals surface area contributed by atoms with Crippen molar-refractivity contribution in [2.24, 2.45) is 11.8 Å². The van der Waals surface area contributed by atoms with Crippen LogP contribution in [-0.2, 0) is 23.9 Å². The van der Waals surface area contributed by atoms with Gasteiger partial charge in [-0.1, -0.05) is 43.5 Å². The van der Waals surface area contributed by atoms with Crippen molar-refractivity contribution in [3.05, 3.63) is 23.3 Å². The predicted molar refractivity (Wildman–Crippen MR) is 117 cm³/mol. The zero-order valence-corrected chi connectivity index (χ0v) is 19.3. The molecule has 1 aliphatic rings. The molecule has 0 aromatic rings. The third kappa shape index (κ3) is 9.97. The first-order valence-corrected chi connectivity index (χ1v) is 11.3. The molecular formula is C23H35ClO7. The summed E-state index contributed by atoms with van der Waals surface area (Å²) in [7, 11) is 1.29. The fourth-order valence-electron chi connectivity index (χ4n) is 3.60. The number of rotatable bonds is 14. The summed E-state index contributed by atoms with van der Waals surface area (Å²) in [6.45, 7) is 3.45. The molecule has 0 bridgehead atoms. The number of ether oxygens (including phenoxy) is 2. The molecule has 0 unspecified atom stereocenters. The van der Waals surface area contributed by atoms with Gasteiger partial charge in [-0.15, -0.1) is 0 Å². The molecule has 0 saturated carbocycles. The summed E-state index contributed by atoms with van der Waals surface area (Å²) in [4.78, 5) is 35.0. The highest BCUT2D eigenvalue weighted by atomic mass is 35.5. The molecule has 0 aromatic heterocycles. The Hall–Kier alpha value is -1.70. The molecule has 0 saturated heterocycles. The number of halogens is 1. The highest BCUT2D eigenvalue weighted by molar-refractivity contribution is 6.43. The molecule has 0 amide bonds. The Kier molecular flexibility index (Phi) is 12.7. The van der Waals surface area contributed by atoms with Crippen LogP contribution in [0.4, 0.5) is 0 Å². The van der Waals surface area contributed by atoms with Gasteiger partial charge in [-0.2, -0.15) is 0 Å². The standard InChI is InChI=1S/C23H35ClO7/c1-4-5-6-8-17(31-15(2)25)12-11-16-13-19(24)23(29)18(16)14-21(27)20(26)9-7-10-22(28)30-3/h11-13,16-18,20-21,26-27H,4-10,14H2,1-3H3/b12-11+/t16-,17-,18+,20+,21+/m0/s1. The Morgan fingerprint density at radius 1 is 1.19 bits per heavy atom. The first-order valence-electron chi connectivity index (χ1n) is 10.9. The highest BCUT2D eigenvalue weighted by Crippen LogP contribution is 2.35. The maximum absolute atomic E-state index is 12.5. The summed E-state index contributed by atoms with van der Waals surface area (Å²) >= 11 is 6.05. The normalized spacial score (nSPS) is 21.6. The average Bonchev–Trinajstić information content (AvgIpc) is 2.98. The van der Waals surface area contributed by atoms with Crippen molar-refractivity contribution in [2.75, 3.05) is 7.11 Å². The number of unbranched alkanes of at least 4 members (excludes halogenated alkanes) is 2. The predicted octanol–water partition coefficient (Wildman–Crippen LogP) is 3.45. The number of ketones is 1. The van der Waals surface area contributed by atoms with Gasteiger partial charge in [0.15, 0.2) is 5.78 Å². The van der Waals surface area contributed by atoms with E-state index in [9.17, 15) is 24.6 Å². The molecule has 0 radical (unpaired) electrons. The number of esters is 2. The molecule has 0 fully saturated rings. The molecule has 0 aliphatic heterocycles. The third-order valence-corrected chi connectivity index (χ3v) is 5.69. The van der Waals surface area contributed by atoms with E-state index < -0.39 is 18.1 Å². The number of carbonyl (C=O) groups is 3. The van der Waals surface area contributed by atoms with Crippen LogP contribution in [0.5, 0.6) is 0 Å². The molecule has 2 N–H and O–H groups in total. The number of hydrogen-bond acceptors (Lipinski definition) is 7. The summed E-state index contributed by atoms with van der Waals surface area (Å²) in [6.07, 6.45) is 7.05. The van der Waals surface area contributed by atoms with E-state index in [1.54, 1.807) is 18.2 Å². The largest absolute Gasteiger partial charge is 0.469 e. The lowest BCUT2D eigenvalue weighted by atomic mass is 9.86. The Labute approximate surface area is 189 Å². The second-order valence-electron chi connectivity index (χ2n) is 7.93. The second kappa shape index (κ2) is 14.4. The van der Waals surface area contributed by atoms with Crippen LogP contribution in [0.25, 0.3) is 0 Å². The van der Waals surface area contributed by atoms with Gasteiger partial charge in [0.05, 0.1) is 24.4 Å². The zero-order valence-electron chi connectivity index (χ0n) is 18.6. The number of Topliss-reactive ketones (excluding diaryl/α,β-unsaturated/α-hetero) is 1. The van der Waals surface area contributed by atoms with Gasteiger partial charge >= 0.3 is 11.9 Å². The molecule has 8 heteroatoms. The van der Waals surface area contributed by atoms with E-state index in [2.05, 4.69) is 11.7 Å². The van der Waals surface area contributed by atoms with Crippen molar-refractivity contribution in [3.63, 3.8) is 0 Å². The van der Waals surface area contributed by atoms with Crippen molar-refractivity contribution < 1.29 is 34.1 Å². The minimum atomic E-state index is -1.13. The SMILES string of the molecule is CCCCC[C@@H](/C=C/[C@H]1C=C(Cl)C(=O)[C@@H]1C[C@@H](O)[C@H](O)CCCC(=O)OC)OC(C)=O. The molecule has 0 spiro atoms. The first-order chi connectivity index (χ1) is 14.7. The molecule has 0 aromatic carbocycles. The maximum Gasteiger partial charge on any atom is 0.305 e. The lowest BCUT2D eigenvalue weighted by molar-refractivity contribution is -0.144. The van der Waals surface area contributed by atoms with E-state index in [1.165, 1.54) is 14.0 Å². The van der Waals surface area contributed by atoms with Crippen LogP contribution >= 0.6 is 11.6 Å². The van der Waals surface area contributed by atoms with E-state index in [-0.39, 0.29) is 54.0 Å². The molecule has 7 nitrogen and oxygen atoms in total. The van der Waals surface area contributed by atoms with Gasteiger partial charge in [-0.25, -0.2) is 0 Å². The lowest BCUT2D eigenvalue weighted by Gasteiger charge is -2.23. The van der Waals surface area contributed by atoms with E-state index in [0.717, 1.165) is 19.3 Å². The van der Waals surface area contributed by atoms with Crippen LogP contribution in [-0.4, -0.2) is 53.4 Å². The monoisotopic (exact) mass is 458 g/mol. The van der Waals surface area contributed by atoms with Crippen LogP contribution in [0, 0.1) is 11.8 Å². The maximum atomic E-state index is 12.5. The van der Waals surface area contributed by atoms with Crippen LogP contribution < -0.4 is 0 Å². The van der Waals surface area contributed by atoms with Gasteiger partial charge in [0.25, 0.3) is 0 Å². The fraction of sp³-hybridized carbons (Fsp3) is 0.696. The van der Waals surface area contributed by atoms with Gasteiger partial charge in [0, 0.05) is 25.2 Å². The number of methoxy groups -OCH3 is 1. The van der Waals surface area contributed by atoms with Gasteiger partial charge < -0.3 is 19.7 Å². The molecular weight excluding hydrogens is 424 g/mol.